The van der Waals surface area contributed by atoms with Crippen molar-refractivity contribution in [3.63, 3.8) is 0 Å². The van der Waals surface area contributed by atoms with Gasteiger partial charge in [-0.25, -0.2) is 4.39 Å². The fourth-order valence-electron chi connectivity index (χ4n) is 4.57. The van der Waals surface area contributed by atoms with Gasteiger partial charge in [0.25, 0.3) is 5.91 Å². The first-order valence-corrected chi connectivity index (χ1v) is 12.3. The lowest BCUT2D eigenvalue weighted by atomic mass is 9.99. The van der Waals surface area contributed by atoms with Crippen LogP contribution in [0.2, 0.25) is 0 Å². The second-order valence-electron chi connectivity index (χ2n) is 8.49. The van der Waals surface area contributed by atoms with E-state index in [-0.39, 0.29) is 18.2 Å². The zero-order chi connectivity index (χ0) is 22.0. The summed E-state index contributed by atoms with van der Waals surface area (Å²) in [7, 11) is -3.93. The first-order valence-electron chi connectivity index (χ1n) is 10.9. The third kappa shape index (κ3) is 4.98. The van der Waals surface area contributed by atoms with E-state index in [9.17, 15) is 17.6 Å². The third-order valence-electron chi connectivity index (χ3n) is 6.35. The Morgan fingerprint density at radius 1 is 1.06 bits per heavy atom. The van der Waals surface area contributed by atoms with E-state index in [0.29, 0.717) is 30.3 Å². The monoisotopic (exact) mass is 448 g/mol. The number of rotatable bonds is 4. The molecule has 3 aliphatic rings. The van der Waals surface area contributed by atoms with E-state index in [1.165, 1.54) is 49.7 Å². The first kappa shape index (κ1) is 22.0. The third-order valence-corrected chi connectivity index (χ3v) is 7.68. The number of hydrogen-bond donors (Lipinski definition) is 0. The van der Waals surface area contributed by atoms with Crippen LogP contribution in [0.5, 0.6) is 0 Å². The van der Waals surface area contributed by atoms with Gasteiger partial charge in [0.15, 0.2) is 0 Å². The molecule has 0 aliphatic carbocycles. The molecule has 0 spiro atoms. The number of piperidine rings is 2. The van der Waals surface area contributed by atoms with Crippen molar-refractivity contribution in [2.45, 2.75) is 51.6 Å². The van der Waals surface area contributed by atoms with E-state index in [1.54, 1.807) is 11.8 Å². The molecule has 31 heavy (non-hydrogen) atoms. The Hall–Kier alpha value is -2.26. The molecule has 9 heteroatoms. The standard InChI is InChI=1S/C22H29FN4O3S/c1-17-21(16-27(31(29,30)24-17)15-18-5-7-19(23)8-6-18)22(28)26-13-9-20(10-14-26)25-11-3-2-4-12-25/h5-8,16,20H,2-4,9-15H2,1H3. The van der Waals surface area contributed by atoms with Crippen LogP contribution in [0.15, 0.2) is 40.4 Å². The average molecular weight is 449 g/mol. The SMILES string of the molecule is CC1=NS(=O)(=O)N(Cc2ccc(F)cc2)C=C1C(=O)N1CCC(N2CCCCC2)CC1. The van der Waals surface area contributed by atoms with Gasteiger partial charge in [0.1, 0.15) is 5.82 Å². The number of carbonyl (C=O) groups is 1. The summed E-state index contributed by atoms with van der Waals surface area (Å²) in [5.74, 6) is -0.573. The van der Waals surface area contributed by atoms with Crippen LogP contribution in [0.1, 0.15) is 44.6 Å². The smallest absolute Gasteiger partial charge is 0.338 e. The molecular weight excluding hydrogens is 419 g/mol. The predicted molar refractivity (Wildman–Crippen MR) is 117 cm³/mol. The van der Waals surface area contributed by atoms with Crippen molar-refractivity contribution >= 4 is 21.8 Å². The van der Waals surface area contributed by atoms with Crippen molar-refractivity contribution in [3.8, 4) is 0 Å². The molecule has 168 valence electrons. The Morgan fingerprint density at radius 3 is 2.35 bits per heavy atom. The molecule has 2 saturated heterocycles. The minimum atomic E-state index is -3.93. The van der Waals surface area contributed by atoms with Gasteiger partial charge in [-0.2, -0.15) is 8.42 Å². The summed E-state index contributed by atoms with van der Waals surface area (Å²) >= 11 is 0. The van der Waals surface area contributed by atoms with E-state index in [4.69, 9.17) is 0 Å². The molecular formula is C22H29FN4O3S. The van der Waals surface area contributed by atoms with Crippen LogP contribution < -0.4 is 0 Å². The van der Waals surface area contributed by atoms with Gasteiger partial charge in [0.05, 0.1) is 17.8 Å². The summed E-state index contributed by atoms with van der Waals surface area (Å²) < 4.78 is 43.1. The van der Waals surface area contributed by atoms with E-state index in [2.05, 4.69) is 9.30 Å². The summed E-state index contributed by atoms with van der Waals surface area (Å²) in [6, 6.07) is 6.13. The van der Waals surface area contributed by atoms with Crippen molar-refractivity contribution in [1.29, 1.82) is 0 Å². The normalized spacial score (nSPS) is 22.8. The van der Waals surface area contributed by atoms with Crippen LogP contribution in [-0.2, 0) is 21.5 Å². The van der Waals surface area contributed by atoms with Gasteiger partial charge in [-0.1, -0.05) is 18.6 Å². The number of carbonyl (C=O) groups excluding carboxylic acids is 1. The molecule has 1 amide bonds. The molecule has 0 atom stereocenters. The summed E-state index contributed by atoms with van der Waals surface area (Å²) in [5.41, 5.74) is 1.12. The highest BCUT2D eigenvalue weighted by atomic mass is 32.2. The largest absolute Gasteiger partial charge is 0.344 e. The Balaban J connectivity index is 1.45. The quantitative estimate of drug-likeness (QED) is 0.710. The number of benzene rings is 1. The van der Waals surface area contributed by atoms with Crippen molar-refractivity contribution in [1.82, 2.24) is 14.1 Å². The van der Waals surface area contributed by atoms with Crippen LogP contribution in [0, 0.1) is 5.82 Å². The molecule has 4 rings (SSSR count). The van der Waals surface area contributed by atoms with E-state index < -0.39 is 16.0 Å². The zero-order valence-electron chi connectivity index (χ0n) is 17.8. The second-order valence-corrected chi connectivity index (χ2v) is 10.0. The Bertz CT molecular complexity index is 977. The topological polar surface area (TPSA) is 73.3 Å². The maximum Gasteiger partial charge on any atom is 0.344 e. The van der Waals surface area contributed by atoms with Crippen LogP contribution in [0.25, 0.3) is 0 Å². The molecule has 0 unspecified atom stereocenters. The van der Waals surface area contributed by atoms with Gasteiger partial charge in [-0.3, -0.25) is 9.10 Å². The average Bonchev–Trinajstić information content (AvgIpc) is 2.77. The molecule has 7 nitrogen and oxygen atoms in total. The number of amides is 1. The molecule has 0 aromatic heterocycles. The first-order chi connectivity index (χ1) is 14.8. The fraction of sp³-hybridized carbons (Fsp3) is 0.545. The Morgan fingerprint density at radius 2 is 1.71 bits per heavy atom. The number of halogens is 1. The molecule has 0 N–H and O–H groups in total. The van der Waals surface area contributed by atoms with Crippen LogP contribution in [0.4, 0.5) is 4.39 Å². The van der Waals surface area contributed by atoms with Gasteiger partial charge >= 0.3 is 10.2 Å². The van der Waals surface area contributed by atoms with Gasteiger partial charge < -0.3 is 9.80 Å². The Labute approximate surface area is 183 Å². The molecule has 0 bridgehead atoms. The molecule has 1 aromatic carbocycles. The minimum Gasteiger partial charge on any atom is -0.338 e. The van der Waals surface area contributed by atoms with E-state index >= 15 is 0 Å². The Kier molecular flexibility index (Phi) is 6.43. The molecule has 0 saturated carbocycles. The lowest BCUT2D eigenvalue weighted by Crippen LogP contribution is -2.49. The molecule has 3 aliphatic heterocycles. The number of likely N-dealkylation sites (tertiary alicyclic amines) is 2. The van der Waals surface area contributed by atoms with Gasteiger partial charge in [-0.15, -0.1) is 4.40 Å². The number of nitrogens with zero attached hydrogens (tertiary/aromatic N) is 4. The van der Waals surface area contributed by atoms with Gasteiger partial charge in [0.2, 0.25) is 0 Å². The minimum absolute atomic E-state index is 0.00674. The molecule has 2 fully saturated rings. The molecule has 3 heterocycles. The van der Waals surface area contributed by atoms with Crippen molar-refractivity contribution in [2.24, 2.45) is 4.40 Å². The highest BCUT2D eigenvalue weighted by Gasteiger charge is 2.33. The van der Waals surface area contributed by atoms with Crippen LogP contribution in [-0.4, -0.2) is 66.4 Å². The van der Waals surface area contributed by atoms with Crippen LogP contribution >= 0.6 is 0 Å². The van der Waals surface area contributed by atoms with Crippen molar-refractivity contribution in [3.05, 3.63) is 47.4 Å². The number of hydrogen-bond acceptors (Lipinski definition) is 4. The molecule has 1 aromatic rings. The van der Waals surface area contributed by atoms with Crippen LogP contribution in [0.3, 0.4) is 0 Å². The lowest BCUT2D eigenvalue weighted by molar-refractivity contribution is -0.128. The van der Waals surface area contributed by atoms with Crippen molar-refractivity contribution < 1.29 is 17.6 Å². The van der Waals surface area contributed by atoms with Crippen molar-refractivity contribution in [2.75, 3.05) is 26.2 Å². The lowest BCUT2D eigenvalue weighted by Gasteiger charge is -2.40. The maximum atomic E-state index is 13.2. The van der Waals surface area contributed by atoms with E-state index in [1.807, 2.05) is 0 Å². The summed E-state index contributed by atoms with van der Waals surface area (Å²) in [6.45, 7) is 5.16. The highest BCUT2D eigenvalue weighted by molar-refractivity contribution is 7.88. The summed E-state index contributed by atoms with van der Waals surface area (Å²) in [4.78, 5) is 17.5. The highest BCUT2D eigenvalue weighted by Crippen LogP contribution is 2.25. The van der Waals surface area contributed by atoms with Gasteiger partial charge in [-0.05, 0) is 63.4 Å². The zero-order valence-corrected chi connectivity index (χ0v) is 18.7. The summed E-state index contributed by atoms with van der Waals surface area (Å²) in [5, 5.41) is 0. The fourth-order valence-corrected chi connectivity index (χ4v) is 5.67. The van der Waals surface area contributed by atoms with E-state index in [0.717, 1.165) is 30.2 Å². The predicted octanol–water partition coefficient (Wildman–Crippen LogP) is 2.71. The maximum absolute atomic E-state index is 13.2. The summed E-state index contributed by atoms with van der Waals surface area (Å²) in [6.07, 6.45) is 7.05. The second kappa shape index (κ2) is 9.08. The van der Waals surface area contributed by atoms with Gasteiger partial charge in [0, 0.05) is 25.3 Å². The molecule has 0 radical (unpaired) electrons.